The van der Waals surface area contributed by atoms with E-state index in [1.54, 1.807) is 19.1 Å². The monoisotopic (exact) mass is 362 g/mol. The second-order valence-electron chi connectivity index (χ2n) is 6.76. The number of hydrogen-bond acceptors (Lipinski definition) is 3. The molecule has 0 saturated carbocycles. The van der Waals surface area contributed by atoms with Gasteiger partial charge in [0.25, 0.3) is 10.0 Å². The van der Waals surface area contributed by atoms with Crippen LogP contribution in [0.4, 0.5) is 15.8 Å². The maximum absolute atomic E-state index is 13.3. The molecule has 1 aliphatic heterocycles. The molecule has 1 fully saturated rings. The predicted octanol–water partition coefficient (Wildman–Crippen LogP) is 4.17. The Morgan fingerprint density at radius 2 is 1.88 bits per heavy atom. The van der Waals surface area contributed by atoms with Crippen LogP contribution in [0.2, 0.25) is 0 Å². The Morgan fingerprint density at radius 1 is 1.16 bits per heavy atom. The van der Waals surface area contributed by atoms with Crippen LogP contribution in [0.1, 0.15) is 25.3 Å². The highest BCUT2D eigenvalue weighted by Crippen LogP contribution is 2.25. The number of benzene rings is 2. The first-order valence-electron chi connectivity index (χ1n) is 8.49. The lowest BCUT2D eigenvalue weighted by molar-refractivity contribution is 0.447. The maximum atomic E-state index is 13.3. The van der Waals surface area contributed by atoms with Crippen molar-refractivity contribution in [2.45, 2.75) is 31.6 Å². The van der Waals surface area contributed by atoms with E-state index < -0.39 is 15.8 Å². The molecule has 0 aliphatic carbocycles. The highest BCUT2D eigenvalue weighted by Gasteiger charge is 2.18. The summed E-state index contributed by atoms with van der Waals surface area (Å²) in [5, 5.41) is 0. The molecule has 1 saturated heterocycles. The van der Waals surface area contributed by atoms with Crippen LogP contribution >= 0.6 is 0 Å². The predicted molar refractivity (Wildman–Crippen MR) is 99.0 cm³/mol. The number of hydrogen-bond donors (Lipinski definition) is 1. The quantitative estimate of drug-likeness (QED) is 0.888. The number of piperidine rings is 1. The molecule has 0 radical (unpaired) electrons. The Bertz CT molecular complexity index is 850. The van der Waals surface area contributed by atoms with E-state index in [4.69, 9.17) is 0 Å². The van der Waals surface area contributed by atoms with Crippen molar-refractivity contribution in [1.29, 1.82) is 0 Å². The zero-order valence-corrected chi connectivity index (χ0v) is 15.3. The van der Waals surface area contributed by atoms with Crippen LogP contribution in [-0.4, -0.2) is 21.5 Å². The van der Waals surface area contributed by atoms with Gasteiger partial charge in [-0.1, -0.05) is 6.92 Å². The van der Waals surface area contributed by atoms with Gasteiger partial charge in [0.1, 0.15) is 5.82 Å². The molecule has 1 atom stereocenters. The summed E-state index contributed by atoms with van der Waals surface area (Å²) in [5.41, 5.74) is 1.90. The van der Waals surface area contributed by atoms with E-state index >= 15 is 0 Å². The van der Waals surface area contributed by atoms with Crippen LogP contribution in [0.5, 0.6) is 0 Å². The third-order valence-corrected chi connectivity index (χ3v) is 5.96. The lowest BCUT2D eigenvalue weighted by Gasteiger charge is -2.32. The van der Waals surface area contributed by atoms with Crippen LogP contribution in [0.3, 0.4) is 0 Å². The van der Waals surface area contributed by atoms with Crippen molar-refractivity contribution < 1.29 is 12.8 Å². The summed E-state index contributed by atoms with van der Waals surface area (Å²) in [6.45, 7) is 5.85. The van der Waals surface area contributed by atoms with Gasteiger partial charge >= 0.3 is 0 Å². The molecule has 3 rings (SSSR count). The minimum atomic E-state index is -3.73. The van der Waals surface area contributed by atoms with Gasteiger partial charge < -0.3 is 4.90 Å². The van der Waals surface area contributed by atoms with Crippen molar-refractivity contribution in [3.8, 4) is 0 Å². The molecule has 25 heavy (non-hydrogen) atoms. The number of anilines is 2. The minimum Gasteiger partial charge on any atom is -0.371 e. The Balaban J connectivity index is 1.75. The normalized spacial score (nSPS) is 18.2. The molecule has 0 amide bonds. The molecular weight excluding hydrogens is 339 g/mol. The summed E-state index contributed by atoms with van der Waals surface area (Å²) < 4.78 is 40.8. The first-order chi connectivity index (χ1) is 11.8. The molecule has 2 aromatic carbocycles. The summed E-state index contributed by atoms with van der Waals surface area (Å²) in [5.74, 6) is 0.257. The average Bonchev–Trinajstić information content (AvgIpc) is 2.57. The van der Waals surface area contributed by atoms with Gasteiger partial charge in [-0.3, -0.25) is 4.72 Å². The molecule has 6 heteroatoms. The van der Waals surface area contributed by atoms with Crippen LogP contribution in [0, 0.1) is 18.7 Å². The molecule has 134 valence electrons. The van der Waals surface area contributed by atoms with Gasteiger partial charge in [-0.05, 0) is 73.7 Å². The molecule has 2 aromatic rings. The van der Waals surface area contributed by atoms with E-state index in [9.17, 15) is 12.8 Å². The lowest BCUT2D eigenvalue weighted by Crippen LogP contribution is -2.34. The third kappa shape index (κ3) is 4.12. The second-order valence-corrected chi connectivity index (χ2v) is 8.44. The van der Waals surface area contributed by atoms with Crippen molar-refractivity contribution in [2.75, 3.05) is 22.7 Å². The zero-order valence-electron chi connectivity index (χ0n) is 14.5. The highest BCUT2D eigenvalue weighted by atomic mass is 32.2. The van der Waals surface area contributed by atoms with Gasteiger partial charge in [0.2, 0.25) is 0 Å². The van der Waals surface area contributed by atoms with Crippen LogP contribution in [0.15, 0.2) is 47.4 Å². The second kappa shape index (κ2) is 7.04. The summed E-state index contributed by atoms with van der Waals surface area (Å²) in [4.78, 5) is 2.39. The maximum Gasteiger partial charge on any atom is 0.261 e. The molecule has 1 heterocycles. The van der Waals surface area contributed by atoms with Crippen molar-refractivity contribution in [3.63, 3.8) is 0 Å². The number of rotatable bonds is 4. The van der Waals surface area contributed by atoms with Crippen molar-refractivity contribution in [2.24, 2.45) is 5.92 Å². The van der Waals surface area contributed by atoms with Gasteiger partial charge in [-0.15, -0.1) is 0 Å². The summed E-state index contributed by atoms with van der Waals surface area (Å²) in [6.07, 6.45) is 2.44. The summed E-state index contributed by atoms with van der Waals surface area (Å²) in [7, 11) is -3.73. The molecule has 0 aromatic heterocycles. The fourth-order valence-corrected chi connectivity index (χ4v) is 4.31. The summed E-state index contributed by atoms with van der Waals surface area (Å²) in [6, 6.07) is 11.2. The van der Waals surface area contributed by atoms with Gasteiger partial charge in [0.15, 0.2) is 0 Å². The number of halogens is 1. The molecule has 0 bridgehead atoms. The largest absolute Gasteiger partial charge is 0.371 e. The number of aryl methyl sites for hydroxylation is 1. The fraction of sp³-hybridized carbons (Fsp3) is 0.368. The molecule has 4 nitrogen and oxygen atoms in total. The minimum absolute atomic E-state index is 0.0559. The lowest BCUT2D eigenvalue weighted by atomic mass is 10.00. The van der Waals surface area contributed by atoms with Gasteiger partial charge in [0.05, 0.1) is 4.90 Å². The zero-order chi connectivity index (χ0) is 18.0. The molecule has 1 N–H and O–H groups in total. The Hall–Kier alpha value is -2.08. The molecular formula is C19H23FN2O2S. The third-order valence-electron chi connectivity index (χ3n) is 4.58. The first kappa shape index (κ1) is 17.7. The summed E-state index contributed by atoms with van der Waals surface area (Å²) >= 11 is 0. The topological polar surface area (TPSA) is 49.4 Å². The van der Waals surface area contributed by atoms with Crippen LogP contribution in [0.25, 0.3) is 0 Å². The van der Waals surface area contributed by atoms with Crippen molar-refractivity contribution in [3.05, 3.63) is 53.8 Å². The SMILES string of the molecule is Cc1cc(S(=O)(=O)Nc2ccc(N3CCCC(C)C3)cc2)ccc1F. The smallest absolute Gasteiger partial charge is 0.261 e. The van der Waals surface area contributed by atoms with E-state index in [1.807, 2.05) is 12.1 Å². The Labute approximate surface area is 148 Å². The number of nitrogens with zero attached hydrogens (tertiary/aromatic N) is 1. The van der Waals surface area contributed by atoms with E-state index in [-0.39, 0.29) is 4.90 Å². The van der Waals surface area contributed by atoms with E-state index in [0.29, 0.717) is 17.2 Å². The molecule has 1 aliphatic rings. The molecule has 0 spiro atoms. The standard InChI is InChI=1S/C19H23FN2O2S/c1-14-4-3-11-22(13-14)17-7-5-16(6-8-17)21-25(23,24)18-9-10-19(20)15(2)12-18/h5-10,12,14,21H,3-4,11,13H2,1-2H3. The fourth-order valence-electron chi connectivity index (χ4n) is 3.16. The van der Waals surface area contributed by atoms with E-state index in [2.05, 4.69) is 16.5 Å². The van der Waals surface area contributed by atoms with E-state index in [0.717, 1.165) is 18.8 Å². The van der Waals surface area contributed by atoms with Gasteiger partial charge in [-0.25, -0.2) is 12.8 Å². The van der Waals surface area contributed by atoms with Crippen molar-refractivity contribution >= 4 is 21.4 Å². The van der Waals surface area contributed by atoms with Gasteiger partial charge in [-0.2, -0.15) is 0 Å². The first-order valence-corrected chi connectivity index (χ1v) is 9.97. The average molecular weight is 362 g/mol. The highest BCUT2D eigenvalue weighted by molar-refractivity contribution is 7.92. The van der Waals surface area contributed by atoms with Gasteiger partial charge in [0, 0.05) is 24.5 Å². The van der Waals surface area contributed by atoms with E-state index in [1.165, 1.54) is 31.0 Å². The Morgan fingerprint density at radius 3 is 2.52 bits per heavy atom. The van der Waals surface area contributed by atoms with Crippen LogP contribution in [-0.2, 0) is 10.0 Å². The van der Waals surface area contributed by atoms with Crippen LogP contribution < -0.4 is 9.62 Å². The number of sulfonamides is 1. The molecule has 1 unspecified atom stereocenters. The number of nitrogens with one attached hydrogen (secondary N) is 1. The Kier molecular flexibility index (Phi) is 4.99. The van der Waals surface area contributed by atoms with Crippen molar-refractivity contribution in [1.82, 2.24) is 0 Å².